The molecular weight excluding hydrogens is 432 g/mol. The minimum Gasteiger partial charge on any atom is -0.378 e. The van der Waals surface area contributed by atoms with Crippen molar-refractivity contribution in [3.8, 4) is 11.4 Å². The topological polar surface area (TPSA) is 118 Å². The summed E-state index contributed by atoms with van der Waals surface area (Å²) in [6.07, 6.45) is 6.13. The lowest BCUT2D eigenvalue weighted by molar-refractivity contribution is 0.181. The van der Waals surface area contributed by atoms with E-state index in [-0.39, 0.29) is 6.04 Å². The van der Waals surface area contributed by atoms with Crippen LogP contribution in [0.25, 0.3) is 11.4 Å². The van der Waals surface area contributed by atoms with E-state index in [2.05, 4.69) is 36.6 Å². The summed E-state index contributed by atoms with van der Waals surface area (Å²) >= 11 is 0. The van der Waals surface area contributed by atoms with Crippen LogP contribution in [0.2, 0.25) is 0 Å². The second-order valence-electron chi connectivity index (χ2n) is 8.77. The summed E-state index contributed by atoms with van der Waals surface area (Å²) in [5, 5.41) is 15.1. The number of ether oxygens (including phenoxy) is 1. The molecule has 2 aliphatic rings. The number of nitrogens with zero attached hydrogens (tertiary/aromatic N) is 6. The van der Waals surface area contributed by atoms with Crippen LogP contribution in [0.3, 0.4) is 0 Å². The van der Waals surface area contributed by atoms with E-state index in [9.17, 15) is 0 Å². The van der Waals surface area contributed by atoms with Gasteiger partial charge in [0.15, 0.2) is 11.6 Å². The average molecular weight is 459 g/mol. The number of anilines is 3. The monoisotopic (exact) mass is 458 g/mol. The van der Waals surface area contributed by atoms with Crippen LogP contribution in [0.15, 0.2) is 47.1 Å². The molecule has 0 unspecified atom stereocenters. The fraction of sp³-hybridized carbons (Fsp3) is 0.375. The van der Waals surface area contributed by atoms with Crippen LogP contribution in [0, 0.1) is 0 Å². The minimum absolute atomic E-state index is 0.00228. The third kappa shape index (κ3) is 4.24. The molecule has 1 atom stereocenters. The van der Waals surface area contributed by atoms with Crippen LogP contribution in [-0.2, 0) is 11.3 Å². The normalized spacial score (nSPS) is 17.9. The average Bonchev–Trinajstić information content (AvgIpc) is 3.24. The van der Waals surface area contributed by atoms with Crippen molar-refractivity contribution in [3.63, 3.8) is 0 Å². The van der Waals surface area contributed by atoms with Crippen molar-refractivity contribution in [1.82, 2.24) is 30.3 Å². The van der Waals surface area contributed by atoms with E-state index in [1.807, 2.05) is 30.3 Å². The number of aromatic amines is 1. The number of methoxy groups -OCH3 is 1. The molecule has 0 radical (unpaired) electrons. The van der Waals surface area contributed by atoms with Crippen molar-refractivity contribution < 1.29 is 9.26 Å². The molecule has 1 aliphatic carbocycles. The molecule has 2 fully saturated rings. The first-order valence-electron chi connectivity index (χ1n) is 11.6. The number of H-pyrrole nitrogens is 1. The Morgan fingerprint density at radius 2 is 2.06 bits per heavy atom. The van der Waals surface area contributed by atoms with Crippen LogP contribution >= 0.6 is 0 Å². The van der Waals surface area contributed by atoms with Gasteiger partial charge in [-0.05, 0) is 37.8 Å². The molecule has 0 aromatic carbocycles. The number of pyridine rings is 1. The van der Waals surface area contributed by atoms with Crippen LogP contribution in [0.1, 0.15) is 54.8 Å². The van der Waals surface area contributed by atoms with Crippen molar-refractivity contribution in [3.05, 3.63) is 59.7 Å². The van der Waals surface area contributed by atoms with E-state index >= 15 is 0 Å². The van der Waals surface area contributed by atoms with Crippen LogP contribution < -0.4 is 10.2 Å². The highest BCUT2D eigenvalue weighted by atomic mass is 16.5. The molecule has 6 rings (SSSR count). The summed E-state index contributed by atoms with van der Waals surface area (Å²) in [5.41, 5.74) is 3.48. The lowest BCUT2D eigenvalue weighted by atomic mass is 10.1. The van der Waals surface area contributed by atoms with Gasteiger partial charge in [-0.3, -0.25) is 10.1 Å². The van der Waals surface area contributed by atoms with E-state index in [1.165, 1.54) is 18.5 Å². The van der Waals surface area contributed by atoms with Gasteiger partial charge in [-0.15, -0.1) is 0 Å². The smallest absolute Gasteiger partial charge is 0.228 e. The molecule has 4 aromatic heterocycles. The zero-order chi connectivity index (χ0) is 22.9. The highest BCUT2D eigenvalue weighted by Gasteiger charge is 2.32. The van der Waals surface area contributed by atoms with Crippen LogP contribution in [0.4, 0.5) is 17.6 Å². The predicted molar refractivity (Wildman–Crippen MR) is 126 cm³/mol. The summed E-state index contributed by atoms with van der Waals surface area (Å²) in [6, 6.07) is 11.7. The number of rotatable bonds is 8. The van der Waals surface area contributed by atoms with E-state index in [0.29, 0.717) is 24.3 Å². The zero-order valence-corrected chi connectivity index (χ0v) is 18.9. The van der Waals surface area contributed by atoms with Gasteiger partial charge < -0.3 is 19.5 Å². The van der Waals surface area contributed by atoms with Gasteiger partial charge in [-0.1, -0.05) is 11.2 Å². The van der Waals surface area contributed by atoms with Gasteiger partial charge in [0.1, 0.15) is 11.5 Å². The Morgan fingerprint density at radius 3 is 2.88 bits per heavy atom. The van der Waals surface area contributed by atoms with Crippen LogP contribution in [-0.4, -0.2) is 44.0 Å². The lowest BCUT2D eigenvalue weighted by Crippen LogP contribution is -2.25. The number of aromatic nitrogens is 6. The molecule has 2 N–H and O–H groups in total. The maximum atomic E-state index is 5.75. The molecule has 1 aliphatic heterocycles. The Balaban J connectivity index is 1.27. The van der Waals surface area contributed by atoms with Gasteiger partial charge >= 0.3 is 0 Å². The minimum atomic E-state index is 0.00228. The Kier molecular flexibility index (Phi) is 5.42. The van der Waals surface area contributed by atoms with E-state index in [4.69, 9.17) is 19.2 Å². The fourth-order valence-corrected chi connectivity index (χ4v) is 4.42. The second-order valence-corrected chi connectivity index (χ2v) is 8.77. The molecule has 10 heteroatoms. The first kappa shape index (κ1) is 20.8. The molecule has 4 aromatic rings. The molecule has 0 spiro atoms. The Labute approximate surface area is 196 Å². The molecule has 34 heavy (non-hydrogen) atoms. The maximum absolute atomic E-state index is 5.75. The highest BCUT2D eigenvalue weighted by Crippen LogP contribution is 2.40. The third-order valence-corrected chi connectivity index (χ3v) is 6.22. The van der Waals surface area contributed by atoms with E-state index in [0.717, 1.165) is 48.0 Å². The molecule has 10 nitrogen and oxygen atoms in total. The summed E-state index contributed by atoms with van der Waals surface area (Å²) in [4.78, 5) is 16.1. The van der Waals surface area contributed by atoms with Crippen molar-refractivity contribution in [2.75, 3.05) is 23.9 Å². The molecule has 0 bridgehead atoms. The Morgan fingerprint density at radius 1 is 1.12 bits per heavy atom. The number of hydrogen-bond acceptors (Lipinski definition) is 9. The third-order valence-electron chi connectivity index (χ3n) is 6.22. The molecule has 174 valence electrons. The van der Waals surface area contributed by atoms with Gasteiger partial charge in [0, 0.05) is 49.7 Å². The first-order valence-corrected chi connectivity index (χ1v) is 11.6. The van der Waals surface area contributed by atoms with Gasteiger partial charge in [0.05, 0.1) is 24.0 Å². The maximum Gasteiger partial charge on any atom is 0.228 e. The van der Waals surface area contributed by atoms with Gasteiger partial charge in [-0.2, -0.15) is 10.1 Å². The van der Waals surface area contributed by atoms with Gasteiger partial charge in [0.2, 0.25) is 5.95 Å². The van der Waals surface area contributed by atoms with Gasteiger partial charge in [0.25, 0.3) is 0 Å². The van der Waals surface area contributed by atoms with E-state index in [1.54, 1.807) is 13.3 Å². The lowest BCUT2D eigenvalue weighted by Gasteiger charge is -2.23. The number of nitrogens with one attached hydrogen (secondary N) is 2. The second kappa shape index (κ2) is 8.86. The summed E-state index contributed by atoms with van der Waals surface area (Å²) in [7, 11) is 1.66. The van der Waals surface area contributed by atoms with Crippen LogP contribution in [0.5, 0.6) is 0 Å². The summed E-state index contributed by atoms with van der Waals surface area (Å²) in [6.45, 7) is 1.22. The quantitative estimate of drug-likeness (QED) is 0.397. The zero-order valence-electron chi connectivity index (χ0n) is 18.9. The fourth-order valence-electron chi connectivity index (χ4n) is 4.42. The van der Waals surface area contributed by atoms with E-state index < -0.39 is 0 Å². The van der Waals surface area contributed by atoms with Crippen molar-refractivity contribution in [1.29, 1.82) is 0 Å². The summed E-state index contributed by atoms with van der Waals surface area (Å²) < 4.78 is 11.1. The van der Waals surface area contributed by atoms with Crippen molar-refractivity contribution in [2.24, 2.45) is 0 Å². The number of hydrogen-bond donors (Lipinski definition) is 2. The molecule has 1 saturated heterocycles. The molecule has 1 saturated carbocycles. The molecule has 0 amide bonds. The van der Waals surface area contributed by atoms with Gasteiger partial charge in [-0.25, -0.2) is 4.98 Å². The Bertz CT molecular complexity index is 1270. The molecule has 5 heterocycles. The SMILES string of the molecule is COCc1cc(Nc2cc(C3CC3)[nH]n2)nc(N2CCC[C@H]2c2cc(-c3ccccn3)no2)n1. The summed E-state index contributed by atoms with van der Waals surface area (Å²) in [5.74, 6) is 3.46. The van der Waals surface area contributed by atoms with Crippen molar-refractivity contribution >= 4 is 17.6 Å². The molecular formula is C24H26N8O2. The Hall–Kier alpha value is -3.79. The first-order chi connectivity index (χ1) is 16.8. The van der Waals surface area contributed by atoms with Crippen molar-refractivity contribution in [2.45, 2.75) is 44.2 Å². The highest BCUT2D eigenvalue weighted by molar-refractivity contribution is 5.56. The predicted octanol–water partition coefficient (Wildman–Crippen LogP) is 4.36. The standard InChI is InChI=1S/C24H26N8O2/c1-33-14-16-11-22(27-23-13-18(29-30-23)15-7-8-15)28-24(26-16)32-10-4-6-20(32)21-12-19(31-34-21)17-5-2-3-9-25-17/h2-3,5,9,11-13,15,20H,4,6-8,10,14H2,1H3,(H2,26,27,28,29,30)/t20-/m0/s1. The largest absolute Gasteiger partial charge is 0.378 e.